The molecule has 1 aliphatic heterocycles. The molecule has 1 aromatic carbocycles. The van der Waals surface area contributed by atoms with E-state index in [2.05, 4.69) is 11.4 Å². The summed E-state index contributed by atoms with van der Waals surface area (Å²) in [6.45, 7) is 8.35. The molecule has 26 heavy (non-hydrogen) atoms. The fraction of sp³-hybridized carbons (Fsp3) is 0.421. The summed E-state index contributed by atoms with van der Waals surface area (Å²) < 4.78 is 6.27. The van der Waals surface area contributed by atoms with Gasteiger partial charge in [0.2, 0.25) is 0 Å². The number of benzene rings is 1. The van der Waals surface area contributed by atoms with Gasteiger partial charge in [0, 0.05) is 5.69 Å². The van der Waals surface area contributed by atoms with E-state index in [0.29, 0.717) is 13.2 Å². The lowest BCUT2D eigenvalue weighted by molar-refractivity contribution is -1.01. The molecule has 1 aliphatic rings. The van der Waals surface area contributed by atoms with Crippen LogP contribution in [0.3, 0.4) is 0 Å². The maximum Gasteiger partial charge on any atom is 0.279 e. The van der Waals surface area contributed by atoms with Gasteiger partial charge in [-0.05, 0) is 43.3 Å². The predicted molar refractivity (Wildman–Crippen MR) is 106 cm³/mol. The van der Waals surface area contributed by atoms with E-state index in [4.69, 9.17) is 16.3 Å². The molecule has 0 bridgehead atoms. The highest BCUT2D eigenvalue weighted by Crippen LogP contribution is 2.20. The number of quaternary nitrogens is 2. The normalized spacial score (nSPS) is 19.9. The molecule has 0 saturated carbocycles. The highest BCUT2D eigenvalue weighted by atomic mass is 35.5. The van der Waals surface area contributed by atoms with Crippen LogP contribution >= 0.6 is 22.9 Å². The number of hydrogen-bond donors (Lipinski definition) is 3. The summed E-state index contributed by atoms with van der Waals surface area (Å²) in [5.74, 6) is 0.889. The standard InChI is InChI=1S/C19H24ClN3O2S/c1-2-25-16-5-3-15(4-6-16)21-19(24)14-23-11-9-22(10-12-23)13-17-7-8-18(20)26-17/h3-8H,2,9-14H2,1H3,(H,21,24)/p+2. The van der Waals surface area contributed by atoms with Crippen LogP contribution < -0.4 is 19.9 Å². The molecule has 0 spiro atoms. The molecule has 3 rings (SSSR count). The molecule has 1 fully saturated rings. The van der Waals surface area contributed by atoms with Crippen molar-refractivity contribution < 1.29 is 19.3 Å². The first-order chi connectivity index (χ1) is 12.6. The number of amides is 1. The average Bonchev–Trinajstić information content (AvgIpc) is 3.03. The van der Waals surface area contributed by atoms with Crippen LogP contribution in [-0.2, 0) is 11.3 Å². The lowest BCUT2D eigenvalue weighted by Crippen LogP contribution is -3.28. The summed E-state index contributed by atoms with van der Waals surface area (Å²) in [6, 6.07) is 11.6. The van der Waals surface area contributed by atoms with E-state index in [1.807, 2.05) is 37.3 Å². The van der Waals surface area contributed by atoms with Crippen molar-refractivity contribution in [1.29, 1.82) is 0 Å². The van der Waals surface area contributed by atoms with Crippen LogP contribution in [-0.4, -0.2) is 45.2 Å². The zero-order chi connectivity index (χ0) is 18.4. The molecule has 2 aromatic rings. The first-order valence-corrected chi connectivity index (χ1v) is 10.3. The van der Waals surface area contributed by atoms with Crippen LogP contribution in [0.5, 0.6) is 5.75 Å². The summed E-state index contributed by atoms with van der Waals surface area (Å²) >= 11 is 7.67. The fourth-order valence-corrected chi connectivity index (χ4v) is 4.40. The lowest BCUT2D eigenvalue weighted by Gasteiger charge is -2.29. The van der Waals surface area contributed by atoms with Gasteiger partial charge in [0.15, 0.2) is 6.54 Å². The number of thiophene rings is 1. The average molecular weight is 396 g/mol. The number of piperazine rings is 1. The number of halogens is 1. The maximum absolute atomic E-state index is 12.3. The van der Waals surface area contributed by atoms with Crippen molar-refractivity contribution in [2.24, 2.45) is 0 Å². The third-order valence-corrected chi connectivity index (χ3v) is 5.81. The molecule has 1 amide bonds. The van der Waals surface area contributed by atoms with Gasteiger partial charge < -0.3 is 19.9 Å². The quantitative estimate of drug-likeness (QED) is 0.647. The third kappa shape index (κ3) is 5.71. The highest BCUT2D eigenvalue weighted by Gasteiger charge is 2.25. The van der Waals surface area contributed by atoms with Crippen molar-refractivity contribution in [2.75, 3.05) is 44.6 Å². The van der Waals surface area contributed by atoms with Gasteiger partial charge >= 0.3 is 0 Å². The van der Waals surface area contributed by atoms with Crippen LogP contribution in [0.15, 0.2) is 36.4 Å². The van der Waals surface area contributed by atoms with Crippen molar-refractivity contribution in [3.05, 3.63) is 45.6 Å². The molecule has 3 N–H and O–H groups in total. The Morgan fingerprint density at radius 3 is 2.42 bits per heavy atom. The zero-order valence-electron chi connectivity index (χ0n) is 15.0. The summed E-state index contributed by atoms with van der Waals surface area (Å²) in [7, 11) is 0. The molecule has 7 heteroatoms. The summed E-state index contributed by atoms with van der Waals surface area (Å²) in [4.78, 5) is 16.5. The Bertz CT molecular complexity index is 712. The molecule has 1 aromatic heterocycles. The number of anilines is 1. The van der Waals surface area contributed by atoms with Gasteiger partial charge in [-0.15, -0.1) is 11.3 Å². The van der Waals surface area contributed by atoms with Crippen LogP contribution in [0.1, 0.15) is 11.8 Å². The number of rotatable bonds is 7. The molecule has 0 radical (unpaired) electrons. The van der Waals surface area contributed by atoms with Crippen LogP contribution in [0.2, 0.25) is 4.34 Å². The van der Waals surface area contributed by atoms with Crippen LogP contribution in [0, 0.1) is 0 Å². The molecule has 2 heterocycles. The van der Waals surface area contributed by atoms with E-state index in [-0.39, 0.29) is 5.91 Å². The van der Waals surface area contributed by atoms with E-state index < -0.39 is 0 Å². The van der Waals surface area contributed by atoms with E-state index >= 15 is 0 Å². The van der Waals surface area contributed by atoms with E-state index in [1.54, 1.807) is 16.2 Å². The van der Waals surface area contributed by atoms with Crippen molar-refractivity contribution in [3.63, 3.8) is 0 Å². The Balaban J connectivity index is 1.40. The fourth-order valence-electron chi connectivity index (χ4n) is 3.24. The second-order valence-electron chi connectivity index (χ2n) is 6.56. The first-order valence-electron chi connectivity index (χ1n) is 9.06. The maximum atomic E-state index is 12.3. The largest absolute Gasteiger partial charge is 0.494 e. The summed E-state index contributed by atoms with van der Waals surface area (Å²) in [6.07, 6.45) is 0. The molecule has 1 saturated heterocycles. The second kappa shape index (κ2) is 9.37. The smallest absolute Gasteiger partial charge is 0.279 e. The second-order valence-corrected chi connectivity index (χ2v) is 8.36. The van der Waals surface area contributed by atoms with Crippen molar-refractivity contribution >= 4 is 34.5 Å². The van der Waals surface area contributed by atoms with Gasteiger partial charge in [0.05, 0.1) is 15.8 Å². The molecule has 0 unspecified atom stereocenters. The molecule has 0 aliphatic carbocycles. The molecule has 5 nitrogen and oxygen atoms in total. The van der Waals surface area contributed by atoms with Gasteiger partial charge in [0.25, 0.3) is 5.91 Å². The van der Waals surface area contributed by atoms with Crippen molar-refractivity contribution in [2.45, 2.75) is 13.5 Å². The minimum atomic E-state index is 0.0673. The third-order valence-electron chi connectivity index (χ3n) is 4.58. The zero-order valence-corrected chi connectivity index (χ0v) is 16.6. The van der Waals surface area contributed by atoms with Gasteiger partial charge in [-0.2, -0.15) is 0 Å². The minimum absolute atomic E-state index is 0.0673. The number of nitrogens with one attached hydrogen (secondary N) is 3. The lowest BCUT2D eigenvalue weighted by atomic mass is 10.2. The van der Waals surface area contributed by atoms with Crippen molar-refractivity contribution in [1.82, 2.24) is 0 Å². The summed E-state index contributed by atoms with van der Waals surface area (Å²) in [5, 5.41) is 2.98. The Kier molecular flexibility index (Phi) is 6.91. The van der Waals surface area contributed by atoms with Crippen LogP contribution in [0.25, 0.3) is 0 Å². The van der Waals surface area contributed by atoms with E-state index in [0.717, 1.165) is 48.5 Å². The van der Waals surface area contributed by atoms with Gasteiger partial charge in [0.1, 0.15) is 38.5 Å². The summed E-state index contributed by atoms with van der Waals surface area (Å²) in [5.41, 5.74) is 0.816. The Labute approximate surface area is 163 Å². The van der Waals surface area contributed by atoms with Crippen molar-refractivity contribution in [3.8, 4) is 5.75 Å². The molecule has 140 valence electrons. The Morgan fingerprint density at radius 1 is 1.12 bits per heavy atom. The topological polar surface area (TPSA) is 47.2 Å². The molecular formula is C19H26ClN3O2S+2. The molecular weight excluding hydrogens is 370 g/mol. The Hall–Kier alpha value is -1.60. The highest BCUT2D eigenvalue weighted by molar-refractivity contribution is 7.16. The van der Waals surface area contributed by atoms with Crippen LogP contribution in [0.4, 0.5) is 5.69 Å². The number of carbonyl (C=O) groups excluding carboxylic acids is 1. The predicted octanol–water partition coefficient (Wildman–Crippen LogP) is 0.722. The Morgan fingerprint density at radius 2 is 1.81 bits per heavy atom. The van der Waals surface area contributed by atoms with Gasteiger partial charge in [-0.25, -0.2) is 0 Å². The SMILES string of the molecule is CCOc1ccc(NC(=O)C[NH+]2CC[NH+](Cc3ccc(Cl)s3)CC2)cc1. The number of ether oxygens (including phenoxy) is 1. The number of carbonyl (C=O) groups is 1. The monoisotopic (exact) mass is 395 g/mol. The van der Waals surface area contributed by atoms with E-state index in [9.17, 15) is 4.79 Å². The van der Waals surface area contributed by atoms with Gasteiger partial charge in [-0.1, -0.05) is 11.6 Å². The van der Waals surface area contributed by atoms with Gasteiger partial charge in [-0.3, -0.25) is 4.79 Å². The first kappa shape index (κ1) is 19.2. The number of hydrogen-bond acceptors (Lipinski definition) is 3. The minimum Gasteiger partial charge on any atom is -0.494 e. The molecule has 0 atom stereocenters. The van der Waals surface area contributed by atoms with E-state index in [1.165, 1.54) is 9.78 Å².